The Kier molecular flexibility index (Phi) is 8.20. The molecule has 0 atom stereocenters. The van der Waals surface area contributed by atoms with Crippen LogP contribution in [0.3, 0.4) is 0 Å². The molecular formula is C17H27ClN2O3. The van der Waals surface area contributed by atoms with Gasteiger partial charge in [0.2, 0.25) is 0 Å². The molecule has 2 N–H and O–H groups in total. The summed E-state index contributed by atoms with van der Waals surface area (Å²) in [6.45, 7) is 6.71. The van der Waals surface area contributed by atoms with E-state index < -0.39 is 0 Å². The highest BCUT2D eigenvalue weighted by molar-refractivity contribution is 5.95. The Morgan fingerprint density at radius 2 is 2.00 bits per heavy atom. The molecule has 1 saturated heterocycles. The number of ether oxygens (including phenoxy) is 2. The van der Waals surface area contributed by atoms with E-state index in [9.17, 15) is 4.79 Å². The van der Waals surface area contributed by atoms with Gasteiger partial charge in [0.1, 0.15) is 0 Å². The maximum atomic E-state index is 12.3. The summed E-state index contributed by atoms with van der Waals surface area (Å²) in [6.07, 6.45) is 1.94. The van der Waals surface area contributed by atoms with Gasteiger partial charge in [-0.05, 0) is 50.0 Å². The quantitative estimate of drug-likeness (QED) is 0.834. The molecule has 0 saturated carbocycles. The van der Waals surface area contributed by atoms with Crippen LogP contribution >= 0.6 is 12.4 Å². The molecule has 1 aliphatic heterocycles. The van der Waals surface area contributed by atoms with Crippen molar-refractivity contribution in [2.75, 3.05) is 26.8 Å². The number of piperidine rings is 1. The Balaban J connectivity index is 0.00000264. The Hall–Kier alpha value is -1.46. The van der Waals surface area contributed by atoms with E-state index in [-0.39, 0.29) is 24.4 Å². The second-order valence-corrected chi connectivity index (χ2v) is 6.07. The highest BCUT2D eigenvalue weighted by atomic mass is 35.5. The van der Waals surface area contributed by atoms with Crippen molar-refractivity contribution in [1.82, 2.24) is 10.6 Å². The smallest absolute Gasteiger partial charge is 0.251 e. The fourth-order valence-corrected chi connectivity index (χ4v) is 2.42. The fraction of sp³-hybridized carbons (Fsp3) is 0.588. The van der Waals surface area contributed by atoms with E-state index in [0.717, 1.165) is 25.9 Å². The van der Waals surface area contributed by atoms with E-state index >= 15 is 0 Å². The SMILES string of the molecule is COc1cc(C(=O)NC2CCNCC2)ccc1OCC(C)C.Cl. The lowest BCUT2D eigenvalue weighted by Gasteiger charge is -2.23. The number of benzene rings is 1. The van der Waals surface area contributed by atoms with E-state index in [2.05, 4.69) is 24.5 Å². The maximum absolute atomic E-state index is 12.3. The van der Waals surface area contributed by atoms with Gasteiger partial charge in [0.15, 0.2) is 11.5 Å². The molecule has 1 aromatic rings. The van der Waals surface area contributed by atoms with Gasteiger partial charge in [0.05, 0.1) is 13.7 Å². The van der Waals surface area contributed by atoms with Crippen LogP contribution in [0.1, 0.15) is 37.0 Å². The van der Waals surface area contributed by atoms with Gasteiger partial charge in [-0.25, -0.2) is 0 Å². The van der Waals surface area contributed by atoms with E-state index in [4.69, 9.17) is 9.47 Å². The molecule has 1 aromatic carbocycles. The zero-order chi connectivity index (χ0) is 15.9. The van der Waals surface area contributed by atoms with Crippen LogP contribution in [-0.4, -0.2) is 38.8 Å². The first-order valence-electron chi connectivity index (χ1n) is 7.92. The van der Waals surface area contributed by atoms with Gasteiger partial charge in [-0.3, -0.25) is 4.79 Å². The van der Waals surface area contributed by atoms with Crippen molar-refractivity contribution in [2.45, 2.75) is 32.7 Å². The van der Waals surface area contributed by atoms with Crippen molar-refractivity contribution in [2.24, 2.45) is 5.92 Å². The Morgan fingerprint density at radius 1 is 1.30 bits per heavy atom. The van der Waals surface area contributed by atoms with Crippen molar-refractivity contribution in [3.63, 3.8) is 0 Å². The minimum atomic E-state index is -0.0550. The van der Waals surface area contributed by atoms with E-state index in [1.165, 1.54) is 0 Å². The third-order valence-electron chi connectivity index (χ3n) is 3.67. The molecule has 1 aliphatic rings. The van der Waals surface area contributed by atoms with E-state index in [1.807, 2.05) is 0 Å². The minimum absolute atomic E-state index is 0. The van der Waals surface area contributed by atoms with Gasteiger partial charge in [0, 0.05) is 11.6 Å². The molecule has 0 aliphatic carbocycles. The summed E-state index contributed by atoms with van der Waals surface area (Å²) in [5, 5.41) is 6.37. The summed E-state index contributed by atoms with van der Waals surface area (Å²) in [7, 11) is 1.59. The lowest BCUT2D eigenvalue weighted by atomic mass is 10.1. The Bertz CT molecular complexity index is 503. The lowest BCUT2D eigenvalue weighted by Crippen LogP contribution is -2.42. The summed E-state index contributed by atoms with van der Waals surface area (Å²) in [5.41, 5.74) is 0.604. The molecule has 0 unspecified atom stereocenters. The molecule has 1 heterocycles. The molecule has 0 spiro atoms. The first-order chi connectivity index (χ1) is 10.6. The van der Waals surface area contributed by atoms with Crippen molar-refractivity contribution < 1.29 is 14.3 Å². The molecule has 0 aromatic heterocycles. The molecule has 0 radical (unpaired) electrons. The lowest BCUT2D eigenvalue weighted by molar-refractivity contribution is 0.0929. The molecular weight excluding hydrogens is 316 g/mol. The largest absolute Gasteiger partial charge is 0.493 e. The highest BCUT2D eigenvalue weighted by Crippen LogP contribution is 2.28. The zero-order valence-electron chi connectivity index (χ0n) is 14.1. The number of methoxy groups -OCH3 is 1. The van der Waals surface area contributed by atoms with Crippen molar-refractivity contribution >= 4 is 18.3 Å². The standard InChI is InChI=1S/C17H26N2O3.ClH/c1-12(2)11-22-15-5-4-13(10-16(15)21-3)17(20)19-14-6-8-18-9-7-14;/h4-5,10,12,14,18H,6-9,11H2,1-3H3,(H,19,20);1H. The van der Waals surface area contributed by atoms with Gasteiger partial charge < -0.3 is 20.1 Å². The van der Waals surface area contributed by atoms with Gasteiger partial charge in [0.25, 0.3) is 5.91 Å². The molecule has 1 amide bonds. The number of rotatable bonds is 6. The van der Waals surface area contributed by atoms with Gasteiger partial charge in [-0.15, -0.1) is 12.4 Å². The number of hydrogen-bond acceptors (Lipinski definition) is 4. The average Bonchev–Trinajstić information content (AvgIpc) is 2.53. The van der Waals surface area contributed by atoms with Crippen LogP contribution in [0, 0.1) is 5.92 Å². The topological polar surface area (TPSA) is 59.6 Å². The Morgan fingerprint density at radius 3 is 2.61 bits per heavy atom. The number of halogens is 1. The highest BCUT2D eigenvalue weighted by Gasteiger charge is 2.17. The number of carbonyl (C=O) groups is 1. The molecule has 23 heavy (non-hydrogen) atoms. The van der Waals surface area contributed by atoms with Crippen LogP contribution in [0.2, 0.25) is 0 Å². The predicted octanol–water partition coefficient (Wildman–Crippen LogP) is 2.63. The van der Waals surface area contributed by atoms with Crippen LogP contribution < -0.4 is 20.1 Å². The zero-order valence-corrected chi connectivity index (χ0v) is 14.9. The number of amides is 1. The summed E-state index contributed by atoms with van der Waals surface area (Å²) in [5.74, 6) is 1.65. The first-order valence-corrected chi connectivity index (χ1v) is 7.92. The van der Waals surface area contributed by atoms with Crippen LogP contribution in [0.4, 0.5) is 0 Å². The average molecular weight is 343 g/mol. The van der Waals surface area contributed by atoms with Crippen molar-refractivity contribution in [3.8, 4) is 11.5 Å². The monoisotopic (exact) mass is 342 g/mol. The molecule has 0 bridgehead atoms. The van der Waals surface area contributed by atoms with Gasteiger partial charge in [-0.1, -0.05) is 13.8 Å². The summed E-state index contributed by atoms with van der Waals surface area (Å²) >= 11 is 0. The number of carbonyl (C=O) groups excluding carboxylic acids is 1. The van der Waals surface area contributed by atoms with E-state index in [0.29, 0.717) is 29.6 Å². The second kappa shape index (κ2) is 9.63. The van der Waals surface area contributed by atoms with Crippen molar-refractivity contribution in [1.29, 1.82) is 0 Å². The summed E-state index contributed by atoms with van der Waals surface area (Å²) in [4.78, 5) is 12.3. The third kappa shape index (κ3) is 5.92. The summed E-state index contributed by atoms with van der Waals surface area (Å²) in [6, 6.07) is 5.58. The third-order valence-corrected chi connectivity index (χ3v) is 3.67. The van der Waals surface area contributed by atoms with Gasteiger partial charge >= 0.3 is 0 Å². The van der Waals surface area contributed by atoms with Crippen LogP contribution in [0.15, 0.2) is 18.2 Å². The van der Waals surface area contributed by atoms with Crippen LogP contribution in [0.25, 0.3) is 0 Å². The molecule has 1 fully saturated rings. The van der Waals surface area contributed by atoms with Crippen molar-refractivity contribution in [3.05, 3.63) is 23.8 Å². The van der Waals surface area contributed by atoms with Gasteiger partial charge in [-0.2, -0.15) is 0 Å². The summed E-state index contributed by atoms with van der Waals surface area (Å²) < 4.78 is 11.1. The molecule has 5 nitrogen and oxygen atoms in total. The van der Waals surface area contributed by atoms with E-state index in [1.54, 1.807) is 25.3 Å². The first kappa shape index (κ1) is 19.6. The maximum Gasteiger partial charge on any atom is 0.251 e. The predicted molar refractivity (Wildman–Crippen MR) is 93.9 cm³/mol. The Labute approximate surface area is 144 Å². The second-order valence-electron chi connectivity index (χ2n) is 6.07. The number of nitrogens with one attached hydrogen (secondary N) is 2. The van der Waals surface area contributed by atoms with Crippen LogP contribution in [-0.2, 0) is 0 Å². The molecule has 6 heteroatoms. The number of hydrogen-bond donors (Lipinski definition) is 2. The minimum Gasteiger partial charge on any atom is -0.493 e. The molecule has 2 rings (SSSR count). The fourth-order valence-electron chi connectivity index (χ4n) is 2.42. The van der Waals surface area contributed by atoms with Crippen LogP contribution in [0.5, 0.6) is 11.5 Å². The molecule has 130 valence electrons. The normalized spacial score (nSPS) is 15.0.